The fourth-order valence-corrected chi connectivity index (χ4v) is 2.89. The van der Waals surface area contributed by atoms with E-state index in [0.29, 0.717) is 12.1 Å². The van der Waals surface area contributed by atoms with Gasteiger partial charge >= 0.3 is 0 Å². The van der Waals surface area contributed by atoms with Crippen LogP contribution < -0.4 is 10.2 Å². The van der Waals surface area contributed by atoms with Crippen LogP contribution in [0.25, 0.3) is 16.6 Å². The van der Waals surface area contributed by atoms with Gasteiger partial charge in [0, 0.05) is 37.3 Å². The van der Waals surface area contributed by atoms with E-state index < -0.39 is 0 Å². The third-order valence-electron chi connectivity index (χ3n) is 4.19. The molecule has 0 radical (unpaired) electrons. The first-order chi connectivity index (χ1) is 12.6. The van der Waals surface area contributed by atoms with E-state index >= 15 is 0 Å². The van der Waals surface area contributed by atoms with E-state index in [0.717, 1.165) is 27.9 Å². The van der Waals surface area contributed by atoms with Crippen LogP contribution in [0.5, 0.6) is 5.75 Å². The molecule has 0 N–H and O–H groups in total. The Kier molecular flexibility index (Phi) is 3.96. The van der Waals surface area contributed by atoms with Crippen molar-refractivity contribution in [2.75, 3.05) is 7.11 Å². The highest BCUT2D eigenvalue weighted by Crippen LogP contribution is 2.25. The van der Waals surface area contributed by atoms with Gasteiger partial charge in [-0.1, -0.05) is 6.07 Å². The van der Waals surface area contributed by atoms with Crippen LogP contribution in [0.4, 0.5) is 0 Å². The minimum absolute atomic E-state index is 0.0941. The fraction of sp³-hybridized carbons (Fsp3) is 0.158. The van der Waals surface area contributed by atoms with Crippen LogP contribution in [0.3, 0.4) is 0 Å². The van der Waals surface area contributed by atoms with Gasteiger partial charge in [-0.15, -0.1) is 0 Å². The molecule has 0 spiro atoms. The topological polar surface area (TPSA) is 74.8 Å². The zero-order valence-electron chi connectivity index (χ0n) is 14.5. The summed E-state index contributed by atoms with van der Waals surface area (Å²) in [6, 6.07) is 9.22. The van der Waals surface area contributed by atoms with Crippen LogP contribution in [0.1, 0.15) is 11.3 Å². The maximum atomic E-state index is 12.3. The number of nitrogens with zero attached hydrogens (tertiary/aromatic N) is 5. The molecular weight excluding hydrogens is 330 g/mol. The minimum atomic E-state index is -0.0941. The normalized spacial score (nSPS) is 11.0. The van der Waals surface area contributed by atoms with Crippen LogP contribution >= 0.6 is 0 Å². The van der Waals surface area contributed by atoms with Gasteiger partial charge < -0.3 is 4.74 Å². The number of hydrogen-bond donors (Lipinski definition) is 0. The average Bonchev–Trinajstić information content (AvgIpc) is 3.09. The third-order valence-corrected chi connectivity index (χ3v) is 4.19. The van der Waals surface area contributed by atoms with E-state index in [2.05, 4.69) is 15.2 Å². The van der Waals surface area contributed by atoms with Gasteiger partial charge in [0.05, 0.1) is 25.0 Å². The van der Waals surface area contributed by atoms with E-state index in [-0.39, 0.29) is 5.43 Å². The Morgan fingerprint density at radius 3 is 2.85 bits per heavy atom. The van der Waals surface area contributed by atoms with Crippen LogP contribution in [0, 0.1) is 0 Å². The van der Waals surface area contributed by atoms with E-state index in [1.165, 1.54) is 6.07 Å². The highest BCUT2D eigenvalue weighted by molar-refractivity contribution is 5.85. The predicted octanol–water partition coefficient (Wildman–Crippen LogP) is 2.11. The molecule has 0 saturated carbocycles. The molecular formula is C19H17N5O2. The van der Waals surface area contributed by atoms with Gasteiger partial charge in [-0.2, -0.15) is 10.2 Å². The first-order valence-corrected chi connectivity index (χ1v) is 8.13. The molecule has 3 heterocycles. The molecule has 0 atom stereocenters. The molecule has 26 heavy (non-hydrogen) atoms. The SMILES string of the molecule is COc1ccnc2ccc(Cc3nn(-c4cnn(C)c4)ccc3=O)cc12. The second-order valence-corrected chi connectivity index (χ2v) is 5.98. The van der Waals surface area contributed by atoms with E-state index in [4.69, 9.17) is 4.74 Å². The Hall–Kier alpha value is -3.48. The number of ether oxygens (including phenoxy) is 1. The van der Waals surface area contributed by atoms with Crippen molar-refractivity contribution in [2.45, 2.75) is 6.42 Å². The monoisotopic (exact) mass is 347 g/mol. The number of methoxy groups -OCH3 is 1. The van der Waals surface area contributed by atoms with Crippen molar-refractivity contribution < 1.29 is 4.74 Å². The Labute approximate surface area is 149 Å². The van der Waals surface area contributed by atoms with E-state index in [1.54, 1.807) is 35.1 Å². The smallest absolute Gasteiger partial charge is 0.203 e. The van der Waals surface area contributed by atoms with Crippen LogP contribution in [-0.4, -0.2) is 31.7 Å². The zero-order valence-corrected chi connectivity index (χ0v) is 14.5. The molecule has 7 heteroatoms. The molecule has 0 unspecified atom stereocenters. The first kappa shape index (κ1) is 16.0. The lowest BCUT2D eigenvalue weighted by Crippen LogP contribution is -2.16. The van der Waals surface area contributed by atoms with Crippen LogP contribution in [-0.2, 0) is 13.5 Å². The summed E-state index contributed by atoms with van der Waals surface area (Å²) in [5.41, 5.74) is 3.00. The summed E-state index contributed by atoms with van der Waals surface area (Å²) in [7, 11) is 3.47. The molecule has 0 bridgehead atoms. The van der Waals surface area contributed by atoms with Crippen molar-refractivity contribution in [3.63, 3.8) is 0 Å². The molecule has 3 aromatic heterocycles. The third kappa shape index (κ3) is 2.95. The van der Waals surface area contributed by atoms with Gasteiger partial charge in [0.2, 0.25) is 5.43 Å². The molecule has 0 aliphatic carbocycles. The lowest BCUT2D eigenvalue weighted by Gasteiger charge is -2.08. The predicted molar refractivity (Wildman–Crippen MR) is 97.7 cm³/mol. The molecule has 7 nitrogen and oxygen atoms in total. The zero-order chi connectivity index (χ0) is 18.1. The summed E-state index contributed by atoms with van der Waals surface area (Å²) in [6.45, 7) is 0. The van der Waals surface area contributed by atoms with Crippen molar-refractivity contribution >= 4 is 10.9 Å². The molecule has 0 aliphatic rings. The standard InChI is InChI=1S/C19H17N5O2/c1-23-12-14(11-21-23)24-8-6-18(25)17(22-24)10-13-3-4-16-15(9-13)19(26-2)5-7-20-16/h3-9,11-12H,10H2,1-2H3. The molecule has 0 aliphatic heterocycles. The van der Waals surface area contributed by atoms with Gasteiger partial charge in [-0.05, 0) is 23.8 Å². The van der Waals surface area contributed by atoms with Gasteiger partial charge in [0.1, 0.15) is 17.1 Å². The summed E-state index contributed by atoms with van der Waals surface area (Å²) >= 11 is 0. The highest BCUT2D eigenvalue weighted by atomic mass is 16.5. The molecule has 1 aromatic carbocycles. The van der Waals surface area contributed by atoms with Gasteiger partial charge in [0.15, 0.2) is 0 Å². The molecule has 0 amide bonds. The van der Waals surface area contributed by atoms with E-state index in [1.807, 2.05) is 37.5 Å². The molecule has 0 fully saturated rings. The fourth-order valence-electron chi connectivity index (χ4n) is 2.89. The maximum absolute atomic E-state index is 12.3. The Morgan fingerprint density at radius 2 is 2.08 bits per heavy atom. The van der Waals surface area contributed by atoms with Gasteiger partial charge in [-0.25, -0.2) is 4.68 Å². The second kappa shape index (κ2) is 6.44. The Bertz CT molecular complexity index is 1150. The summed E-state index contributed by atoms with van der Waals surface area (Å²) in [5, 5.41) is 9.53. The van der Waals surface area contributed by atoms with Crippen molar-refractivity contribution in [3.8, 4) is 11.4 Å². The maximum Gasteiger partial charge on any atom is 0.203 e. The molecule has 0 saturated heterocycles. The Balaban J connectivity index is 1.73. The van der Waals surface area contributed by atoms with Gasteiger partial charge in [0.25, 0.3) is 0 Å². The van der Waals surface area contributed by atoms with Crippen molar-refractivity contribution in [1.82, 2.24) is 24.5 Å². The van der Waals surface area contributed by atoms with Crippen molar-refractivity contribution in [1.29, 1.82) is 0 Å². The minimum Gasteiger partial charge on any atom is -0.496 e. The molecule has 130 valence electrons. The summed E-state index contributed by atoms with van der Waals surface area (Å²) < 4.78 is 8.76. The molecule has 4 aromatic rings. The Morgan fingerprint density at radius 1 is 1.19 bits per heavy atom. The number of rotatable bonds is 4. The van der Waals surface area contributed by atoms with Crippen molar-refractivity contribution in [2.24, 2.45) is 7.05 Å². The number of aromatic nitrogens is 5. The van der Waals surface area contributed by atoms with Crippen LogP contribution in [0.15, 0.2) is 59.9 Å². The second-order valence-electron chi connectivity index (χ2n) is 5.98. The lowest BCUT2D eigenvalue weighted by molar-refractivity contribution is 0.419. The van der Waals surface area contributed by atoms with Crippen molar-refractivity contribution in [3.05, 3.63) is 76.6 Å². The average molecular weight is 347 g/mol. The summed E-state index contributed by atoms with van der Waals surface area (Å²) in [5.74, 6) is 0.755. The first-order valence-electron chi connectivity index (χ1n) is 8.13. The summed E-state index contributed by atoms with van der Waals surface area (Å²) in [4.78, 5) is 16.6. The summed E-state index contributed by atoms with van der Waals surface area (Å²) in [6.07, 6.45) is 7.33. The number of pyridine rings is 1. The largest absolute Gasteiger partial charge is 0.496 e. The number of fused-ring (bicyclic) bond motifs is 1. The number of benzene rings is 1. The number of hydrogen-bond acceptors (Lipinski definition) is 5. The quantitative estimate of drug-likeness (QED) is 0.565. The number of aryl methyl sites for hydroxylation is 1. The lowest BCUT2D eigenvalue weighted by atomic mass is 10.1. The van der Waals surface area contributed by atoms with Crippen LogP contribution in [0.2, 0.25) is 0 Å². The van der Waals surface area contributed by atoms with E-state index in [9.17, 15) is 4.79 Å². The van der Waals surface area contributed by atoms with Gasteiger partial charge in [-0.3, -0.25) is 14.5 Å². The molecule has 4 rings (SSSR count). The highest BCUT2D eigenvalue weighted by Gasteiger charge is 2.09.